The lowest BCUT2D eigenvalue weighted by Gasteiger charge is -2.02. The van der Waals surface area contributed by atoms with Gasteiger partial charge in [0, 0.05) is 13.2 Å². The Balaban J connectivity index is 2.12. The number of nitrogens with zero attached hydrogens (tertiary/aromatic N) is 6. The molecule has 0 spiro atoms. The number of hydrogen-bond donors (Lipinski definition) is 1. The van der Waals surface area contributed by atoms with Gasteiger partial charge in [0.25, 0.3) is 5.91 Å². The lowest BCUT2D eigenvalue weighted by molar-refractivity contribution is 0.0957. The largest absolute Gasteiger partial charge is 0.398 e. The minimum Gasteiger partial charge on any atom is -0.398 e. The molecule has 0 aliphatic carbocycles. The highest BCUT2D eigenvalue weighted by molar-refractivity contribution is 5.92. The minimum atomic E-state index is -0.262. The lowest BCUT2D eigenvalue weighted by Crippen LogP contribution is -2.18. The highest BCUT2D eigenvalue weighted by Gasteiger charge is 2.14. The van der Waals surface area contributed by atoms with Crippen LogP contribution in [0.15, 0.2) is 24.8 Å². The molecular weight excluding hydrogens is 262 g/mol. The molecule has 0 aliphatic heterocycles. The lowest BCUT2D eigenvalue weighted by atomic mass is 10.4. The molecule has 0 fully saturated rings. The molecule has 0 saturated heterocycles. The van der Waals surface area contributed by atoms with E-state index in [1.54, 1.807) is 25.5 Å². The van der Waals surface area contributed by atoms with Crippen LogP contribution < -0.4 is 10.2 Å². The van der Waals surface area contributed by atoms with Crippen molar-refractivity contribution in [1.82, 2.24) is 35.0 Å². The molecule has 3 aromatic heterocycles. The maximum Gasteiger partial charge on any atom is 0.271 e. The zero-order chi connectivity index (χ0) is 14.1. The van der Waals surface area contributed by atoms with Gasteiger partial charge in [0.05, 0.1) is 11.6 Å². The molecule has 0 saturated carbocycles. The van der Waals surface area contributed by atoms with Gasteiger partial charge in [-0.1, -0.05) is 4.85 Å². The molecule has 9 nitrogen and oxygen atoms in total. The van der Waals surface area contributed by atoms with Gasteiger partial charge in [-0.05, 0) is 6.07 Å². The predicted molar refractivity (Wildman–Crippen MR) is 68.3 cm³/mol. The van der Waals surface area contributed by atoms with Gasteiger partial charge in [0.2, 0.25) is 5.65 Å². The average Bonchev–Trinajstić information content (AvgIpc) is 3.12. The zero-order valence-electron chi connectivity index (χ0n) is 10.8. The highest BCUT2D eigenvalue weighted by Crippen LogP contribution is 2.16. The molecular formula is C11H11N7O2. The number of aromatic nitrogens is 6. The number of hydrogen-bond acceptors (Lipinski definition) is 6. The van der Waals surface area contributed by atoms with Crippen LogP contribution in [-0.2, 0) is 0 Å². The van der Waals surface area contributed by atoms with Crippen LogP contribution in [0.4, 0.5) is 0 Å². The molecule has 0 unspecified atom stereocenters. The average molecular weight is 273 g/mol. The number of carbonyl (C=O) groups is 1. The van der Waals surface area contributed by atoms with Crippen LogP contribution in [0, 0.1) is 0 Å². The van der Waals surface area contributed by atoms with Gasteiger partial charge in [-0.25, -0.2) is 14.6 Å². The van der Waals surface area contributed by atoms with Crippen molar-refractivity contribution < 1.29 is 9.63 Å². The van der Waals surface area contributed by atoms with E-state index < -0.39 is 0 Å². The molecule has 0 radical (unpaired) electrons. The molecule has 20 heavy (non-hydrogen) atoms. The van der Waals surface area contributed by atoms with E-state index in [1.165, 1.54) is 23.0 Å². The quantitative estimate of drug-likeness (QED) is 0.686. The fourth-order valence-electron chi connectivity index (χ4n) is 1.82. The monoisotopic (exact) mass is 273 g/mol. The smallest absolute Gasteiger partial charge is 0.271 e. The van der Waals surface area contributed by atoms with Crippen LogP contribution in [0.25, 0.3) is 16.9 Å². The van der Waals surface area contributed by atoms with E-state index in [4.69, 9.17) is 4.84 Å². The Bertz CT molecular complexity index is 776. The number of nitrogens with one attached hydrogen (secondary N) is 1. The molecule has 0 atom stereocenters. The molecule has 1 amide bonds. The first-order chi connectivity index (χ1) is 9.74. The van der Waals surface area contributed by atoms with Crippen molar-refractivity contribution in [3.8, 4) is 5.82 Å². The van der Waals surface area contributed by atoms with Crippen LogP contribution in [0.3, 0.4) is 0 Å². The Morgan fingerprint density at radius 1 is 1.40 bits per heavy atom. The molecule has 3 heterocycles. The van der Waals surface area contributed by atoms with Gasteiger partial charge in [-0.15, -0.1) is 5.10 Å². The van der Waals surface area contributed by atoms with E-state index in [-0.39, 0.29) is 5.91 Å². The van der Waals surface area contributed by atoms with Crippen LogP contribution in [0.5, 0.6) is 0 Å². The van der Waals surface area contributed by atoms with E-state index in [0.717, 1.165) is 0 Å². The second kappa shape index (κ2) is 4.61. The first-order valence-corrected chi connectivity index (χ1v) is 5.76. The van der Waals surface area contributed by atoms with Crippen molar-refractivity contribution in [3.63, 3.8) is 0 Å². The second-order valence-electron chi connectivity index (χ2n) is 3.86. The first-order valence-electron chi connectivity index (χ1n) is 5.76. The molecule has 3 rings (SSSR count). The summed E-state index contributed by atoms with van der Waals surface area (Å²) >= 11 is 0. The maximum absolute atomic E-state index is 11.5. The fraction of sp³-hybridized carbons (Fsp3) is 0.182. The van der Waals surface area contributed by atoms with E-state index in [0.29, 0.717) is 22.5 Å². The van der Waals surface area contributed by atoms with Gasteiger partial charge in [-0.2, -0.15) is 5.10 Å². The summed E-state index contributed by atoms with van der Waals surface area (Å²) in [7, 11) is 3.04. The molecule has 3 aromatic rings. The summed E-state index contributed by atoms with van der Waals surface area (Å²) in [6.45, 7) is 0. The van der Waals surface area contributed by atoms with E-state index in [2.05, 4.69) is 25.5 Å². The third-order valence-corrected chi connectivity index (χ3v) is 2.75. The summed E-state index contributed by atoms with van der Waals surface area (Å²) in [6.07, 6.45) is 4.61. The normalized spacial score (nSPS) is 10.7. The summed E-state index contributed by atoms with van der Waals surface area (Å²) in [5.41, 5.74) is 0.827. The standard InChI is InChI=1S/C11H11N7O2/c1-12-11(19)8-3-4-17(16-8)9-7-5-15-18(20-2)10(7)14-6-13-9/h3-6H,1-2H3,(H,12,19). The summed E-state index contributed by atoms with van der Waals surface area (Å²) < 4.78 is 1.50. The molecule has 0 aliphatic rings. The van der Waals surface area contributed by atoms with Crippen molar-refractivity contribution in [3.05, 3.63) is 30.5 Å². The van der Waals surface area contributed by atoms with Crippen molar-refractivity contribution in [2.75, 3.05) is 14.2 Å². The minimum absolute atomic E-state index is 0.262. The van der Waals surface area contributed by atoms with Gasteiger partial charge in [0.15, 0.2) is 11.5 Å². The Kier molecular flexibility index (Phi) is 2.78. The summed E-state index contributed by atoms with van der Waals surface area (Å²) in [5, 5.41) is 11.4. The van der Waals surface area contributed by atoms with Crippen LogP contribution in [0.1, 0.15) is 10.5 Å². The summed E-state index contributed by atoms with van der Waals surface area (Å²) in [6, 6.07) is 1.60. The van der Waals surface area contributed by atoms with Gasteiger partial charge < -0.3 is 10.2 Å². The summed E-state index contributed by atoms with van der Waals surface area (Å²) in [4.78, 5) is 26.1. The van der Waals surface area contributed by atoms with E-state index in [9.17, 15) is 4.79 Å². The topological polar surface area (TPSA) is 99.8 Å². The Labute approximate surface area is 113 Å². The van der Waals surface area contributed by atoms with Crippen molar-refractivity contribution >= 4 is 16.9 Å². The fourth-order valence-corrected chi connectivity index (χ4v) is 1.82. The third-order valence-electron chi connectivity index (χ3n) is 2.75. The number of carbonyl (C=O) groups excluding carboxylic acids is 1. The SMILES string of the molecule is CNC(=O)c1ccn(-c2ncnc3c2cnn3OC)n1. The molecule has 102 valence electrons. The Morgan fingerprint density at radius 2 is 2.25 bits per heavy atom. The van der Waals surface area contributed by atoms with E-state index >= 15 is 0 Å². The zero-order valence-corrected chi connectivity index (χ0v) is 10.8. The molecule has 0 aromatic carbocycles. The summed E-state index contributed by atoms with van der Waals surface area (Å²) in [5.74, 6) is 0.259. The maximum atomic E-state index is 11.5. The van der Waals surface area contributed by atoms with E-state index in [1.807, 2.05) is 0 Å². The first kappa shape index (κ1) is 12.1. The second-order valence-corrected chi connectivity index (χ2v) is 3.86. The van der Waals surface area contributed by atoms with Crippen molar-refractivity contribution in [1.29, 1.82) is 0 Å². The highest BCUT2D eigenvalue weighted by atomic mass is 16.7. The molecule has 1 N–H and O–H groups in total. The van der Waals surface area contributed by atoms with Crippen molar-refractivity contribution in [2.45, 2.75) is 0 Å². The van der Waals surface area contributed by atoms with Gasteiger partial charge in [-0.3, -0.25) is 4.79 Å². The Morgan fingerprint density at radius 3 is 3.00 bits per heavy atom. The number of amides is 1. The van der Waals surface area contributed by atoms with Gasteiger partial charge >= 0.3 is 0 Å². The molecule has 0 bridgehead atoms. The third kappa shape index (κ3) is 1.76. The number of rotatable bonds is 3. The Hall–Kier alpha value is -2.97. The predicted octanol–water partition coefficient (Wildman–Crippen LogP) is -0.570. The molecule has 9 heteroatoms. The van der Waals surface area contributed by atoms with Crippen LogP contribution >= 0.6 is 0 Å². The number of fused-ring (bicyclic) bond motifs is 1. The van der Waals surface area contributed by atoms with Crippen molar-refractivity contribution in [2.24, 2.45) is 0 Å². The van der Waals surface area contributed by atoms with Crippen LogP contribution in [-0.4, -0.2) is 49.8 Å². The van der Waals surface area contributed by atoms with Crippen LogP contribution in [0.2, 0.25) is 0 Å². The van der Waals surface area contributed by atoms with Gasteiger partial charge in [0.1, 0.15) is 13.4 Å².